The second kappa shape index (κ2) is 7.12. The molecule has 0 saturated carbocycles. The van der Waals surface area contributed by atoms with Crippen molar-refractivity contribution in [2.75, 3.05) is 20.1 Å². The molecule has 0 aliphatic heterocycles. The molecule has 0 aliphatic rings. The molecule has 0 spiro atoms. The number of hydrogen-bond donors (Lipinski definition) is 3. The quantitative estimate of drug-likeness (QED) is 0.639. The largest absolute Gasteiger partial charge is 0.358 e. The summed E-state index contributed by atoms with van der Waals surface area (Å²) in [4.78, 5) is 10.2. The Kier molecular flexibility index (Phi) is 5.78. The zero-order valence-electron chi connectivity index (χ0n) is 11.0. The summed E-state index contributed by atoms with van der Waals surface area (Å²) in [5.41, 5.74) is 4.78. The van der Waals surface area contributed by atoms with Crippen LogP contribution in [0, 0.1) is 23.5 Å². The van der Waals surface area contributed by atoms with Crippen LogP contribution >= 0.6 is 0 Å². The van der Waals surface area contributed by atoms with Gasteiger partial charge in [-0.25, -0.2) is 21.9 Å². The van der Waals surface area contributed by atoms with E-state index in [0.29, 0.717) is 6.07 Å². The van der Waals surface area contributed by atoms with Gasteiger partial charge < -0.3 is 11.1 Å². The Bertz CT molecular complexity index is 708. The lowest BCUT2D eigenvalue weighted by Crippen LogP contribution is -2.35. The Balaban J connectivity index is 3.30. The third kappa shape index (κ3) is 4.49. The molecule has 0 atom stereocenters. The first-order valence-electron chi connectivity index (χ1n) is 5.70. The standard InChI is InChI=1S/C12H13F2N3O3S/c1-16-11(18)7-17-21(19,20)12-8(3-2-4-15)5-9(13)6-10(12)14/h5-6,17H,4,7,15H2,1H3,(H,16,18). The molecule has 1 amide bonds. The van der Waals surface area contributed by atoms with E-state index in [-0.39, 0.29) is 12.1 Å². The van der Waals surface area contributed by atoms with Gasteiger partial charge in [-0.15, -0.1) is 0 Å². The first kappa shape index (κ1) is 17.0. The molecule has 4 N–H and O–H groups in total. The van der Waals surface area contributed by atoms with Gasteiger partial charge in [-0.2, -0.15) is 0 Å². The fourth-order valence-electron chi connectivity index (χ4n) is 1.39. The SMILES string of the molecule is CNC(=O)CNS(=O)(=O)c1c(F)cc(F)cc1C#CCN. The summed E-state index contributed by atoms with van der Waals surface area (Å²) in [6, 6.07) is 1.20. The molecular formula is C12H13F2N3O3S. The highest BCUT2D eigenvalue weighted by Gasteiger charge is 2.24. The van der Waals surface area contributed by atoms with Crippen molar-refractivity contribution >= 4 is 15.9 Å². The molecule has 21 heavy (non-hydrogen) atoms. The molecule has 0 saturated heterocycles. The summed E-state index contributed by atoms with van der Waals surface area (Å²) in [5, 5.41) is 2.20. The van der Waals surface area contributed by atoms with Crippen molar-refractivity contribution in [3.63, 3.8) is 0 Å². The molecular weight excluding hydrogens is 304 g/mol. The molecule has 0 fully saturated rings. The number of carbonyl (C=O) groups is 1. The highest BCUT2D eigenvalue weighted by atomic mass is 32.2. The van der Waals surface area contributed by atoms with Crippen LogP contribution < -0.4 is 15.8 Å². The first-order chi connectivity index (χ1) is 9.81. The van der Waals surface area contributed by atoms with E-state index in [9.17, 15) is 22.0 Å². The molecule has 0 unspecified atom stereocenters. The number of carbonyl (C=O) groups excluding carboxylic acids is 1. The average Bonchev–Trinajstić information content (AvgIpc) is 2.41. The van der Waals surface area contributed by atoms with Gasteiger partial charge in [-0.05, 0) is 6.07 Å². The van der Waals surface area contributed by atoms with E-state index in [1.54, 1.807) is 0 Å². The lowest BCUT2D eigenvalue weighted by molar-refractivity contribution is -0.119. The Morgan fingerprint density at radius 1 is 1.38 bits per heavy atom. The van der Waals surface area contributed by atoms with Crippen LogP contribution in [-0.4, -0.2) is 34.5 Å². The topological polar surface area (TPSA) is 101 Å². The molecule has 0 radical (unpaired) electrons. The number of sulfonamides is 1. The Labute approximate surface area is 120 Å². The summed E-state index contributed by atoms with van der Waals surface area (Å²) in [6.07, 6.45) is 0. The summed E-state index contributed by atoms with van der Waals surface area (Å²) < 4.78 is 52.9. The van der Waals surface area contributed by atoms with Crippen LogP contribution in [0.15, 0.2) is 17.0 Å². The molecule has 0 bridgehead atoms. The van der Waals surface area contributed by atoms with E-state index in [0.717, 1.165) is 6.07 Å². The third-order valence-corrected chi connectivity index (χ3v) is 3.78. The Morgan fingerprint density at radius 2 is 2.05 bits per heavy atom. The number of benzene rings is 1. The summed E-state index contributed by atoms with van der Waals surface area (Å²) in [6.45, 7) is -0.692. The van der Waals surface area contributed by atoms with Crippen LogP contribution in [0.5, 0.6) is 0 Å². The Hall–Kier alpha value is -2.02. The summed E-state index contributed by atoms with van der Waals surface area (Å²) >= 11 is 0. The molecule has 1 aromatic rings. The number of halogens is 2. The highest BCUT2D eigenvalue weighted by Crippen LogP contribution is 2.20. The van der Waals surface area contributed by atoms with Crippen molar-refractivity contribution < 1.29 is 22.0 Å². The van der Waals surface area contributed by atoms with Gasteiger partial charge in [-0.1, -0.05) is 11.8 Å². The predicted molar refractivity (Wildman–Crippen MR) is 71.5 cm³/mol. The van der Waals surface area contributed by atoms with Gasteiger partial charge in [-0.3, -0.25) is 4.79 Å². The van der Waals surface area contributed by atoms with Gasteiger partial charge in [0.25, 0.3) is 0 Å². The highest BCUT2D eigenvalue weighted by molar-refractivity contribution is 7.89. The van der Waals surface area contributed by atoms with E-state index in [1.165, 1.54) is 7.05 Å². The molecule has 1 rings (SSSR count). The van der Waals surface area contributed by atoms with E-state index in [1.807, 2.05) is 4.72 Å². The van der Waals surface area contributed by atoms with Crippen molar-refractivity contribution in [3.05, 3.63) is 29.3 Å². The number of likely N-dealkylation sites (N-methyl/N-ethyl adjacent to an activating group) is 1. The maximum atomic E-state index is 13.8. The Morgan fingerprint density at radius 3 is 2.62 bits per heavy atom. The van der Waals surface area contributed by atoms with Crippen LogP contribution in [0.3, 0.4) is 0 Å². The summed E-state index contributed by atoms with van der Waals surface area (Å²) in [5.74, 6) is 1.72. The van der Waals surface area contributed by atoms with Crippen LogP contribution in [0.2, 0.25) is 0 Å². The van der Waals surface area contributed by atoms with E-state index >= 15 is 0 Å². The second-order valence-corrected chi connectivity index (χ2v) is 5.47. The monoisotopic (exact) mass is 317 g/mol. The molecule has 0 aromatic heterocycles. The number of rotatable bonds is 4. The maximum Gasteiger partial charge on any atom is 0.245 e. The van der Waals surface area contributed by atoms with Crippen molar-refractivity contribution in [2.24, 2.45) is 5.73 Å². The smallest absolute Gasteiger partial charge is 0.245 e. The van der Waals surface area contributed by atoms with Gasteiger partial charge >= 0.3 is 0 Å². The molecule has 0 heterocycles. The molecule has 6 nitrogen and oxygen atoms in total. The lowest BCUT2D eigenvalue weighted by Gasteiger charge is -2.09. The normalized spacial score (nSPS) is 10.7. The lowest BCUT2D eigenvalue weighted by atomic mass is 10.2. The number of hydrogen-bond acceptors (Lipinski definition) is 4. The van der Waals surface area contributed by atoms with Gasteiger partial charge in [0.1, 0.15) is 16.5 Å². The number of amides is 1. The van der Waals surface area contributed by atoms with Crippen LogP contribution in [-0.2, 0) is 14.8 Å². The minimum atomic E-state index is -4.37. The van der Waals surface area contributed by atoms with Gasteiger partial charge in [0, 0.05) is 13.1 Å². The van der Waals surface area contributed by atoms with E-state index in [4.69, 9.17) is 5.73 Å². The number of nitrogens with one attached hydrogen (secondary N) is 2. The maximum absolute atomic E-state index is 13.8. The predicted octanol–water partition coefficient (Wildman–Crippen LogP) is -0.701. The minimum absolute atomic E-state index is 0.108. The zero-order chi connectivity index (χ0) is 16.0. The fourth-order valence-corrected chi connectivity index (χ4v) is 2.57. The van der Waals surface area contributed by atoms with Gasteiger partial charge in [0.2, 0.25) is 15.9 Å². The molecule has 1 aromatic carbocycles. The second-order valence-electron chi connectivity index (χ2n) is 3.77. The van der Waals surface area contributed by atoms with Crippen molar-refractivity contribution in [2.45, 2.75) is 4.90 Å². The van der Waals surface area contributed by atoms with Crippen molar-refractivity contribution in [3.8, 4) is 11.8 Å². The van der Waals surface area contributed by atoms with Crippen LogP contribution in [0.4, 0.5) is 8.78 Å². The molecule has 114 valence electrons. The molecule has 0 aliphatic carbocycles. The molecule has 9 heteroatoms. The van der Waals surface area contributed by atoms with Gasteiger partial charge in [0.15, 0.2) is 0 Å². The first-order valence-corrected chi connectivity index (χ1v) is 7.18. The van der Waals surface area contributed by atoms with Crippen molar-refractivity contribution in [1.82, 2.24) is 10.0 Å². The fraction of sp³-hybridized carbons (Fsp3) is 0.250. The van der Waals surface area contributed by atoms with E-state index in [2.05, 4.69) is 17.2 Å². The zero-order valence-corrected chi connectivity index (χ0v) is 11.9. The van der Waals surface area contributed by atoms with Crippen LogP contribution in [0.1, 0.15) is 5.56 Å². The number of nitrogens with two attached hydrogens (primary N) is 1. The van der Waals surface area contributed by atoms with Crippen LogP contribution in [0.25, 0.3) is 0 Å². The average molecular weight is 317 g/mol. The van der Waals surface area contributed by atoms with Crippen molar-refractivity contribution in [1.29, 1.82) is 0 Å². The minimum Gasteiger partial charge on any atom is -0.358 e. The van der Waals surface area contributed by atoms with Gasteiger partial charge in [0.05, 0.1) is 18.7 Å². The van der Waals surface area contributed by atoms with E-state index < -0.39 is 39.0 Å². The summed E-state index contributed by atoms with van der Waals surface area (Å²) in [7, 11) is -3.06. The third-order valence-electron chi connectivity index (χ3n) is 2.30.